The van der Waals surface area contributed by atoms with Gasteiger partial charge in [0.2, 0.25) is 0 Å². The summed E-state index contributed by atoms with van der Waals surface area (Å²) >= 11 is 0. The second-order valence-corrected chi connectivity index (χ2v) is 2.24. The third kappa shape index (κ3) is 0.832. The van der Waals surface area contributed by atoms with E-state index in [1.54, 1.807) is 13.1 Å². The van der Waals surface area contributed by atoms with E-state index in [9.17, 15) is 5.11 Å². The van der Waals surface area contributed by atoms with Gasteiger partial charge in [-0.2, -0.15) is 0 Å². The number of fused-ring (bicyclic) bond motifs is 1. The largest absolute Gasteiger partial charge is 0.503 e. The molecule has 0 fully saturated rings. The van der Waals surface area contributed by atoms with E-state index < -0.39 is 0 Å². The van der Waals surface area contributed by atoms with Crippen molar-refractivity contribution in [2.75, 3.05) is 0 Å². The maximum absolute atomic E-state index is 9.19. The third-order valence-electron chi connectivity index (χ3n) is 1.39. The molecule has 4 nitrogen and oxygen atoms in total. The Bertz CT molecular complexity index is 394. The van der Waals surface area contributed by atoms with Crippen molar-refractivity contribution >= 4 is 11.1 Å². The number of aromatic hydroxyl groups is 1. The molecule has 0 radical (unpaired) electrons. The van der Waals surface area contributed by atoms with Gasteiger partial charge in [0.15, 0.2) is 17.2 Å². The summed E-state index contributed by atoms with van der Waals surface area (Å²) in [5.74, 6) is 0.561. The minimum atomic E-state index is 0.0306. The molecular formula is C7H6N2O2. The first-order chi connectivity index (χ1) is 5.27. The maximum Gasteiger partial charge on any atom is 0.199 e. The molecule has 0 aliphatic rings. The first kappa shape index (κ1) is 6.15. The molecule has 56 valence electrons. The average Bonchev–Trinajstić information content (AvgIpc) is 2.31. The SMILES string of the molecule is Cc1nc2cncc(O)c2o1. The van der Waals surface area contributed by atoms with Gasteiger partial charge in [-0.15, -0.1) is 0 Å². The minimum absolute atomic E-state index is 0.0306. The standard InChI is InChI=1S/C7H6N2O2/c1-4-9-5-2-8-3-6(10)7(5)11-4/h2-3,10H,1H3. The zero-order valence-electron chi connectivity index (χ0n) is 5.90. The van der Waals surface area contributed by atoms with Crippen molar-refractivity contribution in [1.82, 2.24) is 9.97 Å². The first-order valence-electron chi connectivity index (χ1n) is 3.17. The van der Waals surface area contributed by atoms with Gasteiger partial charge in [0.05, 0.1) is 12.4 Å². The Hall–Kier alpha value is -1.58. The van der Waals surface area contributed by atoms with Crippen molar-refractivity contribution in [2.24, 2.45) is 0 Å². The molecule has 2 aromatic heterocycles. The lowest BCUT2D eigenvalue weighted by molar-refractivity contribution is 0.457. The van der Waals surface area contributed by atoms with Gasteiger partial charge < -0.3 is 9.52 Å². The smallest absolute Gasteiger partial charge is 0.199 e. The Labute approximate surface area is 62.5 Å². The van der Waals surface area contributed by atoms with Crippen LogP contribution in [0.4, 0.5) is 0 Å². The molecule has 0 unspecified atom stereocenters. The molecule has 1 N–H and O–H groups in total. The van der Waals surface area contributed by atoms with Gasteiger partial charge in [-0.05, 0) is 0 Å². The van der Waals surface area contributed by atoms with Crippen molar-refractivity contribution in [3.8, 4) is 5.75 Å². The predicted molar refractivity (Wildman–Crippen MR) is 38.2 cm³/mol. The van der Waals surface area contributed by atoms with Gasteiger partial charge in [0.1, 0.15) is 5.52 Å². The molecular weight excluding hydrogens is 144 g/mol. The molecule has 0 spiro atoms. The summed E-state index contributed by atoms with van der Waals surface area (Å²) in [4.78, 5) is 7.74. The van der Waals surface area contributed by atoms with Crippen LogP contribution in [0.1, 0.15) is 5.89 Å². The molecule has 2 aromatic rings. The Balaban J connectivity index is 2.90. The summed E-state index contributed by atoms with van der Waals surface area (Å²) in [6.07, 6.45) is 2.87. The van der Waals surface area contributed by atoms with Crippen molar-refractivity contribution < 1.29 is 9.52 Å². The molecule has 0 saturated heterocycles. The summed E-state index contributed by atoms with van der Waals surface area (Å²) in [5.41, 5.74) is 0.986. The van der Waals surface area contributed by atoms with Crippen LogP contribution in [0.3, 0.4) is 0 Å². The van der Waals surface area contributed by atoms with E-state index in [0.29, 0.717) is 17.0 Å². The van der Waals surface area contributed by atoms with Crippen LogP contribution < -0.4 is 0 Å². The van der Waals surface area contributed by atoms with Gasteiger partial charge in [-0.1, -0.05) is 0 Å². The first-order valence-corrected chi connectivity index (χ1v) is 3.17. The van der Waals surface area contributed by atoms with E-state index in [1.165, 1.54) is 6.20 Å². The van der Waals surface area contributed by atoms with Gasteiger partial charge in [0, 0.05) is 6.92 Å². The van der Waals surface area contributed by atoms with Crippen LogP contribution in [0.25, 0.3) is 11.1 Å². The molecule has 0 bridgehead atoms. The van der Waals surface area contributed by atoms with Gasteiger partial charge in [-0.3, -0.25) is 4.98 Å². The molecule has 4 heteroatoms. The monoisotopic (exact) mass is 150 g/mol. The molecule has 0 aliphatic heterocycles. The number of hydrogen-bond donors (Lipinski definition) is 1. The highest BCUT2D eigenvalue weighted by Crippen LogP contribution is 2.22. The van der Waals surface area contributed by atoms with Crippen LogP contribution >= 0.6 is 0 Å². The molecule has 0 aromatic carbocycles. The molecule has 11 heavy (non-hydrogen) atoms. The van der Waals surface area contributed by atoms with E-state index in [4.69, 9.17) is 4.42 Å². The number of aromatic nitrogens is 2. The van der Waals surface area contributed by atoms with E-state index in [0.717, 1.165) is 0 Å². The fourth-order valence-electron chi connectivity index (χ4n) is 0.951. The van der Waals surface area contributed by atoms with Gasteiger partial charge >= 0.3 is 0 Å². The number of nitrogens with zero attached hydrogens (tertiary/aromatic N) is 2. The second kappa shape index (κ2) is 1.95. The molecule has 0 saturated carbocycles. The topological polar surface area (TPSA) is 59.2 Å². The second-order valence-electron chi connectivity index (χ2n) is 2.24. The summed E-state index contributed by atoms with van der Waals surface area (Å²) in [7, 11) is 0. The summed E-state index contributed by atoms with van der Waals surface area (Å²) in [6.45, 7) is 1.72. The van der Waals surface area contributed by atoms with Crippen molar-refractivity contribution in [2.45, 2.75) is 6.92 Å². The highest BCUT2D eigenvalue weighted by Gasteiger charge is 2.05. The van der Waals surface area contributed by atoms with Crippen LogP contribution in [0.5, 0.6) is 5.75 Å². The maximum atomic E-state index is 9.19. The van der Waals surface area contributed by atoms with Crippen LogP contribution in [-0.4, -0.2) is 15.1 Å². The lowest BCUT2D eigenvalue weighted by Gasteiger charge is -1.87. The zero-order chi connectivity index (χ0) is 7.84. The number of hydrogen-bond acceptors (Lipinski definition) is 4. The van der Waals surface area contributed by atoms with Crippen LogP contribution in [-0.2, 0) is 0 Å². The summed E-state index contributed by atoms with van der Waals surface area (Å²) in [6, 6.07) is 0. The molecule has 2 rings (SSSR count). The van der Waals surface area contributed by atoms with Crippen LogP contribution in [0.2, 0.25) is 0 Å². The normalized spacial score (nSPS) is 10.6. The zero-order valence-corrected chi connectivity index (χ0v) is 5.90. The van der Waals surface area contributed by atoms with Crippen molar-refractivity contribution in [3.05, 3.63) is 18.3 Å². The number of oxazole rings is 1. The van der Waals surface area contributed by atoms with E-state index in [-0.39, 0.29) is 5.75 Å². The summed E-state index contributed by atoms with van der Waals surface area (Å²) < 4.78 is 5.10. The Morgan fingerprint density at radius 2 is 2.27 bits per heavy atom. The van der Waals surface area contributed by atoms with Crippen LogP contribution in [0.15, 0.2) is 16.8 Å². The van der Waals surface area contributed by atoms with Crippen LogP contribution in [0, 0.1) is 6.92 Å². The quantitative estimate of drug-likeness (QED) is 0.613. The molecule has 0 aliphatic carbocycles. The lowest BCUT2D eigenvalue weighted by atomic mass is 10.4. The third-order valence-corrected chi connectivity index (χ3v) is 1.39. The number of aryl methyl sites for hydroxylation is 1. The highest BCUT2D eigenvalue weighted by atomic mass is 16.4. The Morgan fingerprint density at radius 3 is 3.00 bits per heavy atom. The fourth-order valence-corrected chi connectivity index (χ4v) is 0.951. The minimum Gasteiger partial charge on any atom is -0.503 e. The molecule has 2 heterocycles. The fraction of sp³-hybridized carbons (Fsp3) is 0.143. The van der Waals surface area contributed by atoms with E-state index in [1.807, 2.05) is 0 Å². The van der Waals surface area contributed by atoms with Crippen molar-refractivity contribution in [1.29, 1.82) is 0 Å². The molecule has 0 atom stereocenters. The van der Waals surface area contributed by atoms with E-state index in [2.05, 4.69) is 9.97 Å². The average molecular weight is 150 g/mol. The predicted octanol–water partition coefficient (Wildman–Crippen LogP) is 1.24. The Morgan fingerprint density at radius 1 is 1.45 bits per heavy atom. The Kier molecular flexibility index (Phi) is 1.09. The van der Waals surface area contributed by atoms with Crippen molar-refractivity contribution in [3.63, 3.8) is 0 Å². The van der Waals surface area contributed by atoms with E-state index >= 15 is 0 Å². The lowest BCUT2D eigenvalue weighted by Crippen LogP contribution is -1.72. The number of pyridine rings is 1. The van der Waals surface area contributed by atoms with Gasteiger partial charge in [0.25, 0.3) is 0 Å². The summed E-state index contributed by atoms with van der Waals surface area (Å²) in [5, 5.41) is 9.19. The molecule has 0 amide bonds. The number of rotatable bonds is 0. The van der Waals surface area contributed by atoms with Gasteiger partial charge in [-0.25, -0.2) is 4.98 Å². The highest BCUT2D eigenvalue weighted by molar-refractivity contribution is 5.77.